The van der Waals surface area contributed by atoms with Gasteiger partial charge in [0.05, 0.1) is 22.3 Å². The molecule has 1 heterocycles. The topological polar surface area (TPSA) is 38.3 Å². The molecule has 0 unspecified atom stereocenters. The van der Waals surface area contributed by atoms with Crippen LogP contribution in [0.5, 0.6) is 0 Å². The summed E-state index contributed by atoms with van der Waals surface area (Å²) in [7, 11) is -1.06. The second kappa shape index (κ2) is 5.51. The van der Waals surface area contributed by atoms with Crippen LogP contribution in [-0.2, 0) is 22.3 Å². The maximum atomic E-state index is 12.2. The zero-order chi connectivity index (χ0) is 13.2. The van der Waals surface area contributed by atoms with Crippen molar-refractivity contribution in [2.75, 3.05) is 6.61 Å². The van der Waals surface area contributed by atoms with E-state index in [4.69, 9.17) is 4.74 Å². The molecule has 1 aliphatic heterocycles. The molecule has 1 aromatic rings. The Morgan fingerprint density at radius 2 is 2.06 bits per heavy atom. The molecule has 0 fully saturated rings. The quantitative estimate of drug-likeness (QED) is 0.894. The fourth-order valence-corrected chi connectivity index (χ4v) is 2.83. The Hall–Kier alpha value is -0.710. The van der Waals surface area contributed by atoms with E-state index in [1.807, 2.05) is 32.9 Å². The molecule has 100 valence electrons. The van der Waals surface area contributed by atoms with Crippen LogP contribution in [0.2, 0.25) is 0 Å². The van der Waals surface area contributed by atoms with Crippen LogP contribution in [0.15, 0.2) is 24.3 Å². The molecular formula is C14H21NO2S. The van der Waals surface area contributed by atoms with E-state index in [0.29, 0.717) is 13.2 Å². The average molecular weight is 267 g/mol. The lowest BCUT2D eigenvalue weighted by atomic mass is 10.0. The molecule has 0 amide bonds. The van der Waals surface area contributed by atoms with E-state index in [0.717, 1.165) is 6.42 Å². The molecule has 3 nitrogen and oxygen atoms in total. The highest BCUT2D eigenvalue weighted by atomic mass is 32.2. The first kappa shape index (κ1) is 13.7. The van der Waals surface area contributed by atoms with Gasteiger partial charge in [0.2, 0.25) is 0 Å². The number of nitrogens with one attached hydrogen (secondary N) is 1. The van der Waals surface area contributed by atoms with E-state index in [1.165, 1.54) is 11.1 Å². The van der Waals surface area contributed by atoms with Crippen LogP contribution in [0.4, 0.5) is 0 Å². The van der Waals surface area contributed by atoms with Crippen molar-refractivity contribution in [1.29, 1.82) is 0 Å². The summed E-state index contributed by atoms with van der Waals surface area (Å²) in [6.45, 7) is 7.30. The van der Waals surface area contributed by atoms with Crippen LogP contribution in [0.3, 0.4) is 0 Å². The first-order chi connectivity index (χ1) is 8.48. The van der Waals surface area contributed by atoms with E-state index in [-0.39, 0.29) is 10.8 Å². The van der Waals surface area contributed by atoms with Gasteiger partial charge < -0.3 is 4.74 Å². The van der Waals surface area contributed by atoms with Gasteiger partial charge in [0.1, 0.15) is 0 Å². The Bertz CT molecular complexity index is 440. The third kappa shape index (κ3) is 3.19. The predicted octanol–water partition coefficient (Wildman–Crippen LogP) is 2.70. The second-order valence-electron chi connectivity index (χ2n) is 5.59. The fourth-order valence-electron chi connectivity index (χ4n) is 1.97. The summed E-state index contributed by atoms with van der Waals surface area (Å²) in [5, 5.41) is 0. The highest BCUT2D eigenvalue weighted by molar-refractivity contribution is 7.84. The van der Waals surface area contributed by atoms with Crippen LogP contribution in [0.25, 0.3) is 0 Å². The Morgan fingerprint density at radius 1 is 1.33 bits per heavy atom. The molecule has 18 heavy (non-hydrogen) atoms. The first-order valence-electron chi connectivity index (χ1n) is 6.32. The molecule has 1 aromatic carbocycles. The van der Waals surface area contributed by atoms with Gasteiger partial charge in [-0.15, -0.1) is 0 Å². The summed E-state index contributed by atoms with van der Waals surface area (Å²) >= 11 is 0. The lowest BCUT2D eigenvalue weighted by molar-refractivity contribution is 0.121. The van der Waals surface area contributed by atoms with Crippen molar-refractivity contribution in [3.05, 3.63) is 35.4 Å². The third-order valence-electron chi connectivity index (χ3n) is 3.04. The minimum absolute atomic E-state index is 0.115. The van der Waals surface area contributed by atoms with Crippen molar-refractivity contribution in [3.63, 3.8) is 0 Å². The molecule has 4 heteroatoms. The number of benzene rings is 1. The molecule has 0 aliphatic carbocycles. The summed E-state index contributed by atoms with van der Waals surface area (Å²) in [6, 6.07) is 8.34. The predicted molar refractivity (Wildman–Crippen MR) is 74.5 cm³/mol. The molecule has 0 bridgehead atoms. The lowest BCUT2D eigenvalue weighted by Gasteiger charge is -2.24. The van der Waals surface area contributed by atoms with Gasteiger partial charge in [0.15, 0.2) is 0 Å². The van der Waals surface area contributed by atoms with Crippen LogP contribution in [-0.4, -0.2) is 15.6 Å². The minimum Gasteiger partial charge on any atom is -0.377 e. The number of fused-ring (bicyclic) bond motifs is 1. The SMILES string of the molecule is CC(C)(C)[S@@](=O)N[C@H]1CCOCc2ccccc21. The van der Waals surface area contributed by atoms with Gasteiger partial charge in [-0.2, -0.15) is 0 Å². The van der Waals surface area contributed by atoms with Crippen molar-refractivity contribution in [2.24, 2.45) is 0 Å². The Balaban J connectivity index is 2.21. The van der Waals surface area contributed by atoms with Crippen molar-refractivity contribution < 1.29 is 8.95 Å². The summed E-state index contributed by atoms with van der Waals surface area (Å²) in [5.74, 6) is 0. The number of ether oxygens (including phenoxy) is 1. The van der Waals surface area contributed by atoms with Crippen molar-refractivity contribution >= 4 is 11.0 Å². The number of hydrogen-bond acceptors (Lipinski definition) is 2. The van der Waals surface area contributed by atoms with E-state index in [9.17, 15) is 4.21 Å². The van der Waals surface area contributed by atoms with Crippen molar-refractivity contribution in [2.45, 2.75) is 44.6 Å². The molecule has 0 saturated heterocycles. The summed E-state index contributed by atoms with van der Waals surface area (Å²) < 4.78 is 20.8. The van der Waals surface area contributed by atoms with Crippen LogP contribution >= 0.6 is 0 Å². The summed E-state index contributed by atoms with van der Waals surface area (Å²) in [5.41, 5.74) is 2.41. The molecule has 0 saturated carbocycles. The third-order valence-corrected chi connectivity index (χ3v) is 4.66. The molecule has 0 spiro atoms. The summed E-state index contributed by atoms with van der Waals surface area (Å²) in [6.07, 6.45) is 0.860. The molecule has 0 aromatic heterocycles. The first-order valence-corrected chi connectivity index (χ1v) is 7.47. The van der Waals surface area contributed by atoms with Crippen LogP contribution in [0, 0.1) is 0 Å². The molecule has 2 atom stereocenters. The van der Waals surface area contributed by atoms with E-state index >= 15 is 0 Å². The van der Waals surface area contributed by atoms with Crippen LogP contribution < -0.4 is 4.72 Å². The highest BCUT2D eigenvalue weighted by Gasteiger charge is 2.25. The number of rotatable bonds is 2. The molecule has 1 N–H and O–H groups in total. The van der Waals surface area contributed by atoms with E-state index in [1.54, 1.807) is 0 Å². The highest BCUT2D eigenvalue weighted by Crippen LogP contribution is 2.26. The van der Waals surface area contributed by atoms with Crippen LogP contribution in [0.1, 0.15) is 44.4 Å². The van der Waals surface area contributed by atoms with Gasteiger partial charge in [-0.05, 0) is 38.3 Å². The maximum Gasteiger partial charge on any atom is 0.0975 e. The normalized spacial score (nSPS) is 22.1. The van der Waals surface area contributed by atoms with Gasteiger partial charge in [-0.3, -0.25) is 0 Å². The monoisotopic (exact) mass is 267 g/mol. The lowest BCUT2D eigenvalue weighted by Crippen LogP contribution is -2.36. The maximum absolute atomic E-state index is 12.2. The van der Waals surface area contributed by atoms with Crippen molar-refractivity contribution in [3.8, 4) is 0 Å². The largest absolute Gasteiger partial charge is 0.377 e. The van der Waals surface area contributed by atoms with E-state index in [2.05, 4.69) is 16.9 Å². The van der Waals surface area contributed by atoms with E-state index < -0.39 is 11.0 Å². The van der Waals surface area contributed by atoms with Gasteiger partial charge in [-0.25, -0.2) is 8.93 Å². The minimum atomic E-state index is -1.06. The average Bonchev–Trinajstić information content (AvgIpc) is 2.51. The zero-order valence-corrected chi connectivity index (χ0v) is 12.0. The molecule has 2 rings (SSSR count). The van der Waals surface area contributed by atoms with Gasteiger partial charge in [-0.1, -0.05) is 24.3 Å². The Kier molecular flexibility index (Phi) is 4.20. The van der Waals surface area contributed by atoms with Gasteiger partial charge >= 0.3 is 0 Å². The van der Waals surface area contributed by atoms with Crippen molar-refractivity contribution in [1.82, 2.24) is 4.72 Å². The summed E-state index contributed by atoms with van der Waals surface area (Å²) in [4.78, 5) is 0. The number of hydrogen-bond donors (Lipinski definition) is 1. The zero-order valence-electron chi connectivity index (χ0n) is 11.2. The molecule has 1 aliphatic rings. The molecule has 0 radical (unpaired) electrons. The Morgan fingerprint density at radius 3 is 2.78 bits per heavy atom. The second-order valence-corrected chi connectivity index (χ2v) is 7.59. The standard InChI is InChI=1S/C14H21NO2S/c1-14(2,3)18(16)15-13-8-9-17-10-11-6-4-5-7-12(11)13/h4-7,13,15H,8-10H2,1-3H3/t13-,18+/m0/s1. The Labute approximate surface area is 112 Å². The van der Waals surface area contributed by atoms with Gasteiger partial charge in [0.25, 0.3) is 0 Å². The fraction of sp³-hybridized carbons (Fsp3) is 0.571. The smallest absolute Gasteiger partial charge is 0.0975 e. The van der Waals surface area contributed by atoms with Gasteiger partial charge in [0, 0.05) is 12.6 Å². The molecular weight excluding hydrogens is 246 g/mol.